The van der Waals surface area contributed by atoms with Crippen LogP contribution in [0, 0.1) is 0 Å². The maximum absolute atomic E-state index is 6.23. The molecule has 3 rings (SSSR count). The summed E-state index contributed by atoms with van der Waals surface area (Å²) in [6, 6.07) is 2.71. The monoisotopic (exact) mass is 295 g/mol. The number of piperidine rings is 1. The molecule has 0 radical (unpaired) electrons. The van der Waals surface area contributed by atoms with Crippen molar-refractivity contribution in [3.05, 3.63) is 23.5 Å². The maximum Gasteiger partial charge on any atom is 0.0822 e. The van der Waals surface area contributed by atoms with Crippen molar-refractivity contribution in [2.24, 2.45) is 0 Å². The molecule has 110 valence electrons. The van der Waals surface area contributed by atoms with E-state index >= 15 is 0 Å². The number of halogens is 1. The largest absolute Gasteiger partial charge is 0.376 e. The molecule has 0 N–H and O–H groups in total. The second-order valence-electron chi connectivity index (χ2n) is 5.72. The Bertz CT molecular complexity index is 448. The zero-order valence-electron chi connectivity index (χ0n) is 12.0. The Morgan fingerprint density at radius 1 is 1.30 bits per heavy atom. The summed E-state index contributed by atoms with van der Waals surface area (Å²) in [5.74, 6) is 0. The van der Waals surface area contributed by atoms with E-state index in [0.717, 1.165) is 43.5 Å². The standard InChI is InChI=1S/C15H22ClN3O/c1-12-11-19(8-9-20-12)13-3-6-18(7-4-13)15-2-5-17-10-14(15)16/h2,5,10,12-13H,3-4,6-9,11H2,1H3/t12-/m0/s1. The predicted octanol–water partition coefficient (Wildman–Crippen LogP) is 2.42. The normalized spacial score (nSPS) is 25.9. The van der Waals surface area contributed by atoms with Gasteiger partial charge in [-0.05, 0) is 25.8 Å². The number of aromatic nitrogens is 1. The number of hydrogen-bond donors (Lipinski definition) is 0. The molecule has 1 aromatic rings. The maximum atomic E-state index is 6.23. The van der Waals surface area contributed by atoms with Crippen LogP contribution in [-0.4, -0.2) is 54.8 Å². The van der Waals surface area contributed by atoms with Crippen molar-refractivity contribution in [3.8, 4) is 0 Å². The van der Waals surface area contributed by atoms with Crippen LogP contribution in [0.15, 0.2) is 18.5 Å². The lowest BCUT2D eigenvalue weighted by molar-refractivity contribution is -0.0373. The highest BCUT2D eigenvalue weighted by atomic mass is 35.5. The Labute approximate surface area is 125 Å². The highest BCUT2D eigenvalue weighted by molar-refractivity contribution is 6.33. The van der Waals surface area contributed by atoms with Crippen molar-refractivity contribution in [1.29, 1.82) is 0 Å². The third kappa shape index (κ3) is 3.08. The van der Waals surface area contributed by atoms with E-state index in [1.807, 2.05) is 12.3 Å². The Hall–Kier alpha value is -0.840. The van der Waals surface area contributed by atoms with Crippen molar-refractivity contribution >= 4 is 17.3 Å². The number of pyridine rings is 1. The van der Waals surface area contributed by atoms with Gasteiger partial charge in [0.05, 0.1) is 23.4 Å². The topological polar surface area (TPSA) is 28.6 Å². The van der Waals surface area contributed by atoms with Gasteiger partial charge >= 0.3 is 0 Å². The highest BCUT2D eigenvalue weighted by Crippen LogP contribution is 2.28. The van der Waals surface area contributed by atoms with E-state index in [-0.39, 0.29) is 0 Å². The average molecular weight is 296 g/mol. The smallest absolute Gasteiger partial charge is 0.0822 e. The van der Waals surface area contributed by atoms with Gasteiger partial charge < -0.3 is 9.64 Å². The minimum Gasteiger partial charge on any atom is -0.376 e. The zero-order chi connectivity index (χ0) is 13.9. The van der Waals surface area contributed by atoms with Crippen LogP contribution >= 0.6 is 11.6 Å². The molecule has 2 saturated heterocycles. The van der Waals surface area contributed by atoms with Crippen LogP contribution in [-0.2, 0) is 4.74 Å². The van der Waals surface area contributed by atoms with E-state index in [4.69, 9.17) is 16.3 Å². The van der Waals surface area contributed by atoms with Crippen LogP contribution < -0.4 is 4.90 Å². The molecule has 0 aliphatic carbocycles. The van der Waals surface area contributed by atoms with Gasteiger partial charge in [-0.15, -0.1) is 0 Å². The van der Waals surface area contributed by atoms with Gasteiger partial charge in [-0.1, -0.05) is 11.6 Å². The van der Waals surface area contributed by atoms with E-state index in [2.05, 4.69) is 21.7 Å². The molecule has 0 unspecified atom stereocenters. The third-order valence-corrected chi connectivity index (χ3v) is 4.64. The lowest BCUT2D eigenvalue weighted by Crippen LogP contribution is -2.51. The van der Waals surface area contributed by atoms with Crippen LogP contribution in [0.3, 0.4) is 0 Å². The third-order valence-electron chi connectivity index (χ3n) is 4.35. The summed E-state index contributed by atoms with van der Waals surface area (Å²) in [5.41, 5.74) is 1.12. The average Bonchev–Trinajstić information content (AvgIpc) is 2.48. The first-order chi connectivity index (χ1) is 9.74. The number of nitrogens with zero attached hydrogens (tertiary/aromatic N) is 3. The second kappa shape index (κ2) is 6.29. The van der Waals surface area contributed by atoms with Crippen molar-refractivity contribution in [3.63, 3.8) is 0 Å². The minimum atomic E-state index is 0.372. The molecule has 2 fully saturated rings. The number of morpholine rings is 1. The van der Waals surface area contributed by atoms with E-state index in [0.29, 0.717) is 12.1 Å². The fraction of sp³-hybridized carbons (Fsp3) is 0.667. The Kier molecular flexibility index (Phi) is 4.44. The molecule has 5 heteroatoms. The van der Waals surface area contributed by atoms with Crippen molar-refractivity contribution in [2.75, 3.05) is 37.7 Å². The van der Waals surface area contributed by atoms with E-state index in [9.17, 15) is 0 Å². The van der Waals surface area contributed by atoms with E-state index < -0.39 is 0 Å². The van der Waals surface area contributed by atoms with Crippen molar-refractivity contribution in [2.45, 2.75) is 31.9 Å². The van der Waals surface area contributed by atoms with Gasteiger partial charge in [0.15, 0.2) is 0 Å². The molecule has 0 spiro atoms. The predicted molar refractivity (Wildman–Crippen MR) is 81.5 cm³/mol. The fourth-order valence-corrected chi connectivity index (χ4v) is 3.51. The number of anilines is 1. The van der Waals surface area contributed by atoms with E-state index in [1.165, 1.54) is 12.8 Å². The Morgan fingerprint density at radius 3 is 2.80 bits per heavy atom. The molecule has 2 aliphatic heterocycles. The second-order valence-corrected chi connectivity index (χ2v) is 6.13. The summed E-state index contributed by atoms with van der Waals surface area (Å²) in [4.78, 5) is 9.03. The van der Waals surface area contributed by atoms with Crippen LogP contribution in [0.1, 0.15) is 19.8 Å². The summed E-state index contributed by atoms with van der Waals surface area (Å²) in [7, 11) is 0. The van der Waals surface area contributed by atoms with E-state index in [1.54, 1.807) is 6.20 Å². The van der Waals surface area contributed by atoms with Gasteiger partial charge in [-0.25, -0.2) is 0 Å². The first kappa shape index (κ1) is 14.1. The molecule has 2 aliphatic rings. The van der Waals surface area contributed by atoms with Crippen LogP contribution in [0.4, 0.5) is 5.69 Å². The minimum absolute atomic E-state index is 0.372. The van der Waals surface area contributed by atoms with Gasteiger partial charge in [0.1, 0.15) is 0 Å². The lowest BCUT2D eigenvalue weighted by atomic mass is 10.0. The number of hydrogen-bond acceptors (Lipinski definition) is 4. The first-order valence-corrected chi connectivity index (χ1v) is 7.82. The summed E-state index contributed by atoms with van der Waals surface area (Å²) >= 11 is 6.23. The quantitative estimate of drug-likeness (QED) is 0.838. The van der Waals surface area contributed by atoms with Crippen molar-refractivity contribution < 1.29 is 4.74 Å². The van der Waals surface area contributed by atoms with Gasteiger partial charge in [0.2, 0.25) is 0 Å². The van der Waals surface area contributed by atoms with Gasteiger partial charge in [-0.2, -0.15) is 0 Å². The molecular weight excluding hydrogens is 274 g/mol. The number of rotatable bonds is 2. The SMILES string of the molecule is C[C@H]1CN(C2CCN(c3ccncc3Cl)CC2)CCO1. The molecule has 0 saturated carbocycles. The molecule has 3 heterocycles. The van der Waals surface area contributed by atoms with Gasteiger partial charge in [0.25, 0.3) is 0 Å². The summed E-state index contributed by atoms with van der Waals surface area (Å²) in [5, 5.41) is 0.756. The first-order valence-electron chi connectivity index (χ1n) is 7.44. The molecular formula is C15H22ClN3O. The molecule has 20 heavy (non-hydrogen) atoms. The molecule has 4 nitrogen and oxygen atoms in total. The van der Waals surface area contributed by atoms with Crippen molar-refractivity contribution in [1.82, 2.24) is 9.88 Å². The van der Waals surface area contributed by atoms with Gasteiger partial charge in [-0.3, -0.25) is 9.88 Å². The highest BCUT2D eigenvalue weighted by Gasteiger charge is 2.28. The molecule has 1 atom stereocenters. The lowest BCUT2D eigenvalue weighted by Gasteiger charge is -2.42. The Morgan fingerprint density at radius 2 is 2.10 bits per heavy atom. The number of ether oxygens (including phenoxy) is 1. The van der Waals surface area contributed by atoms with Crippen LogP contribution in [0.2, 0.25) is 5.02 Å². The molecule has 0 aromatic carbocycles. The van der Waals surface area contributed by atoms with Gasteiger partial charge in [0, 0.05) is 44.6 Å². The summed E-state index contributed by atoms with van der Waals surface area (Å²) in [6.07, 6.45) is 6.32. The van der Waals surface area contributed by atoms with Crippen LogP contribution in [0.5, 0.6) is 0 Å². The zero-order valence-corrected chi connectivity index (χ0v) is 12.7. The fourth-order valence-electron chi connectivity index (χ4n) is 3.27. The van der Waals surface area contributed by atoms with Crippen LogP contribution in [0.25, 0.3) is 0 Å². The summed E-state index contributed by atoms with van der Waals surface area (Å²) in [6.45, 7) is 7.32. The Balaban J connectivity index is 1.58. The summed E-state index contributed by atoms with van der Waals surface area (Å²) < 4.78 is 5.63. The molecule has 0 bridgehead atoms. The molecule has 0 amide bonds. The molecule has 1 aromatic heterocycles.